The van der Waals surface area contributed by atoms with E-state index in [2.05, 4.69) is 22.9 Å². The molecule has 118 valence electrons. The van der Waals surface area contributed by atoms with Crippen molar-refractivity contribution in [2.24, 2.45) is 5.92 Å². The summed E-state index contributed by atoms with van der Waals surface area (Å²) in [5.74, 6) is 0.471. The average Bonchev–Trinajstić information content (AvgIpc) is 2.45. The van der Waals surface area contributed by atoms with Gasteiger partial charge in [-0.05, 0) is 31.6 Å². The predicted octanol–water partition coefficient (Wildman–Crippen LogP) is 1.84. The second kappa shape index (κ2) is 7.54. The Balaban J connectivity index is 1.88. The van der Waals surface area contributed by atoms with Crippen LogP contribution in [0, 0.1) is 5.92 Å². The summed E-state index contributed by atoms with van der Waals surface area (Å²) in [7, 11) is -3.26. The molecule has 1 unspecified atom stereocenters. The molecular formula is C13H25BrN2O3S. The smallest absolute Gasteiger partial charge is 0.281 e. The zero-order valence-corrected chi connectivity index (χ0v) is 14.5. The topological polar surface area (TPSA) is 49.9 Å². The minimum atomic E-state index is -3.26. The molecule has 2 heterocycles. The minimum Gasteiger partial charge on any atom is -0.377 e. The number of hydrogen-bond donors (Lipinski definition) is 0. The average molecular weight is 369 g/mol. The molecule has 0 amide bonds. The van der Waals surface area contributed by atoms with Gasteiger partial charge in [-0.2, -0.15) is 17.0 Å². The lowest BCUT2D eigenvalue weighted by molar-refractivity contribution is 0.0297. The SMILES string of the molecule is CC1CCCN(S(=O)(=O)N2CCC(OCCBr)CC2)C1. The molecule has 20 heavy (non-hydrogen) atoms. The normalized spacial score (nSPS) is 27.8. The van der Waals surface area contributed by atoms with Gasteiger partial charge in [0.15, 0.2) is 0 Å². The van der Waals surface area contributed by atoms with Gasteiger partial charge in [0.2, 0.25) is 0 Å². The van der Waals surface area contributed by atoms with E-state index in [1.807, 2.05) is 0 Å². The van der Waals surface area contributed by atoms with Crippen LogP contribution in [-0.2, 0) is 14.9 Å². The molecular weight excluding hydrogens is 344 g/mol. The van der Waals surface area contributed by atoms with Crippen LogP contribution in [0.4, 0.5) is 0 Å². The first-order chi connectivity index (χ1) is 9.54. The minimum absolute atomic E-state index is 0.208. The van der Waals surface area contributed by atoms with Gasteiger partial charge < -0.3 is 4.74 Å². The number of hydrogen-bond acceptors (Lipinski definition) is 3. The molecule has 0 radical (unpaired) electrons. The highest BCUT2D eigenvalue weighted by Crippen LogP contribution is 2.23. The van der Waals surface area contributed by atoms with Crippen molar-refractivity contribution in [3.63, 3.8) is 0 Å². The van der Waals surface area contributed by atoms with Crippen molar-refractivity contribution >= 4 is 26.1 Å². The van der Waals surface area contributed by atoms with E-state index in [1.165, 1.54) is 0 Å². The number of piperidine rings is 2. The van der Waals surface area contributed by atoms with Gasteiger partial charge in [0.1, 0.15) is 0 Å². The Labute approximate surface area is 131 Å². The van der Waals surface area contributed by atoms with Crippen molar-refractivity contribution in [2.75, 3.05) is 38.1 Å². The fourth-order valence-electron chi connectivity index (χ4n) is 2.96. The van der Waals surface area contributed by atoms with E-state index < -0.39 is 10.2 Å². The highest BCUT2D eigenvalue weighted by Gasteiger charge is 2.34. The first-order valence-corrected chi connectivity index (χ1v) is 9.98. The molecule has 0 N–H and O–H groups in total. The number of alkyl halides is 1. The van der Waals surface area contributed by atoms with Crippen molar-refractivity contribution in [3.05, 3.63) is 0 Å². The van der Waals surface area contributed by atoms with E-state index >= 15 is 0 Å². The van der Waals surface area contributed by atoms with Crippen LogP contribution in [0.3, 0.4) is 0 Å². The summed E-state index contributed by atoms with van der Waals surface area (Å²) in [5.41, 5.74) is 0. The molecule has 2 aliphatic heterocycles. The Kier molecular flexibility index (Phi) is 6.28. The molecule has 0 bridgehead atoms. The predicted molar refractivity (Wildman–Crippen MR) is 83.2 cm³/mol. The Bertz CT molecular complexity index is 396. The molecule has 0 aliphatic carbocycles. The summed E-state index contributed by atoms with van der Waals surface area (Å²) >= 11 is 3.34. The number of rotatable bonds is 5. The molecule has 0 aromatic rings. The zero-order chi connectivity index (χ0) is 14.6. The maximum atomic E-state index is 12.6. The molecule has 2 saturated heterocycles. The highest BCUT2D eigenvalue weighted by atomic mass is 79.9. The molecule has 5 nitrogen and oxygen atoms in total. The van der Waals surface area contributed by atoms with E-state index in [1.54, 1.807) is 8.61 Å². The van der Waals surface area contributed by atoms with Gasteiger partial charge in [-0.1, -0.05) is 22.9 Å². The van der Waals surface area contributed by atoms with Crippen LogP contribution in [0.15, 0.2) is 0 Å². The van der Waals surface area contributed by atoms with Crippen LogP contribution >= 0.6 is 15.9 Å². The third-order valence-electron chi connectivity index (χ3n) is 4.10. The maximum absolute atomic E-state index is 12.6. The summed E-state index contributed by atoms with van der Waals surface area (Å²) in [6.45, 7) is 5.33. The quantitative estimate of drug-likeness (QED) is 0.695. The van der Waals surface area contributed by atoms with Crippen LogP contribution in [-0.4, -0.2) is 61.2 Å². The molecule has 0 aromatic carbocycles. The van der Waals surface area contributed by atoms with Gasteiger partial charge in [0.05, 0.1) is 12.7 Å². The van der Waals surface area contributed by atoms with Gasteiger partial charge in [-0.3, -0.25) is 0 Å². The van der Waals surface area contributed by atoms with Crippen LogP contribution in [0.2, 0.25) is 0 Å². The largest absolute Gasteiger partial charge is 0.377 e. The molecule has 0 saturated carbocycles. The van der Waals surface area contributed by atoms with Crippen molar-refractivity contribution in [3.8, 4) is 0 Å². The Morgan fingerprint density at radius 1 is 1.15 bits per heavy atom. The van der Waals surface area contributed by atoms with E-state index in [0.717, 1.165) is 31.0 Å². The summed E-state index contributed by atoms with van der Waals surface area (Å²) < 4.78 is 34.2. The van der Waals surface area contributed by atoms with E-state index in [-0.39, 0.29) is 6.10 Å². The fraction of sp³-hybridized carbons (Fsp3) is 1.00. The number of nitrogens with zero attached hydrogens (tertiary/aromatic N) is 2. The van der Waals surface area contributed by atoms with Crippen molar-refractivity contribution < 1.29 is 13.2 Å². The third-order valence-corrected chi connectivity index (χ3v) is 6.43. The van der Waals surface area contributed by atoms with Gasteiger partial charge in [0, 0.05) is 31.5 Å². The lowest BCUT2D eigenvalue weighted by Gasteiger charge is -2.37. The third kappa shape index (κ3) is 4.16. The molecule has 2 fully saturated rings. The first kappa shape index (κ1) is 16.7. The van der Waals surface area contributed by atoms with Crippen LogP contribution in [0.1, 0.15) is 32.6 Å². The Morgan fingerprint density at radius 3 is 2.45 bits per heavy atom. The summed E-state index contributed by atoms with van der Waals surface area (Å²) in [4.78, 5) is 0. The molecule has 2 aliphatic rings. The standard InChI is InChI=1S/C13H25BrN2O3S/c1-12-3-2-7-16(11-12)20(17,18)15-8-4-13(5-9-15)19-10-6-14/h12-13H,2-11H2,1H3. The van der Waals surface area contributed by atoms with E-state index in [4.69, 9.17) is 4.74 Å². The van der Waals surface area contributed by atoms with Crippen LogP contribution < -0.4 is 0 Å². The van der Waals surface area contributed by atoms with Crippen molar-refractivity contribution in [1.82, 2.24) is 8.61 Å². The van der Waals surface area contributed by atoms with Gasteiger partial charge in [-0.15, -0.1) is 0 Å². The summed E-state index contributed by atoms with van der Waals surface area (Å²) in [6.07, 6.45) is 3.92. The molecule has 7 heteroatoms. The molecule has 2 rings (SSSR count). The van der Waals surface area contributed by atoms with Crippen LogP contribution in [0.25, 0.3) is 0 Å². The molecule has 1 atom stereocenters. The van der Waals surface area contributed by atoms with Gasteiger partial charge in [0.25, 0.3) is 10.2 Å². The van der Waals surface area contributed by atoms with E-state index in [9.17, 15) is 8.42 Å². The monoisotopic (exact) mass is 368 g/mol. The zero-order valence-electron chi connectivity index (χ0n) is 12.1. The van der Waals surface area contributed by atoms with Crippen molar-refractivity contribution in [1.29, 1.82) is 0 Å². The summed E-state index contributed by atoms with van der Waals surface area (Å²) in [5, 5.41) is 0.831. The van der Waals surface area contributed by atoms with Crippen LogP contribution in [0.5, 0.6) is 0 Å². The molecule has 0 spiro atoms. The second-order valence-electron chi connectivity index (χ2n) is 5.77. The number of halogens is 1. The fourth-order valence-corrected chi connectivity index (χ4v) is 4.95. The van der Waals surface area contributed by atoms with Gasteiger partial charge in [-0.25, -0.2) is 0 Å². The lowest BCUT2D eigenvalue weighted by atomic mass is 10.0. The summed E-state index contributed by atoms with van der Waals surface area (Å²) in [6, 6.07) is 0. The molecule has 0 aromatic heterocycles. The maximum Gasteiger partial charge on any atom is 0.281 e. The van der Waals surface area contributed by atoms with Gasteiger partial charge >= 0.3 is 0 Å². The van der Waals surface area contributed by atoms with E-state index in [0.29, 0.717) is 38.7 Å². The Morgan fingerprint density at radius 2 is 1.85 bits per heavy atom. The lowest BCUT2D eigenvalue weighted by Crippen LogP contribution is -2.50. The van der Waals surface area contributed by atoms with Crippen molar-refractivity contribution in [2.45, 2.75) is 38.7 Å². The Hall–Kier alpha value is 0.310. The highest BCUT2D eigenvalue weighted by molar-refractivity contribution is 9.09. The first-order valence-electron chi connectivity index (χ1n) is 7.47. The number of ether oxygens (including phenoxy) is 1. The second-order valence-corrected chi connectivity index (χ2v) is 8.49.